The lowest BCUT2D eigenvalue weighted by Crippen LogP contribution is -2.19. The van der Waals surface area contributed by atoms with Crippen LogP contribution in [-0.4, -0.2) is 13.1 Å². The van der Waals surface area contributed by atoms with E-state index in [0.29, 0.717) is 5.75 Å². The first-order chi connectivity index (χ1) is 7.37. The number of halogens is 1. The highest BCUT2D eigenvalue weighted by molar-refractivity contribution is 14.1. The highest BCUT2D eigenvalue weighted by Gasteiger charge is 2.15. The minimum absolute atomic E-state index is 0.115. The molecule has 16 heavy (non-hydrogen) atoms. The number of ether oxygens (including phenoxy) is 1. The van der Waals surface area contributed by atoms with Crippen LogP contribution in [0.3, 0.4) is 0 Å². The maximum atomic E-state index is 11.5. The molecular formula is C12H15BIO2. The summed E-state index contributed by atoms with van der Waals surface area (Å²) in [5.41, 5.74) is 0.115. The van der Waals surface area contributed by atoms with Crippen LogP contribution in [0.15, 0.2) is 24.3 Å². The summed E-state index contributed by atoms with van der Waals surface area (Å²) >= 11 is 2.18. The van der Waals surface area contributed by atoms with Crippen molar-refractivity contribution < 1.29 is 9.53 Å². The number of hydrogen-bond acceptors (Lipinski definition) is 2. The van der Waals surface area contributed by atoms with Gasteiger partial charge in [0.2, 0.25) is 5.87 Å². The second-order valence-corrected chi connectivity index (χ2v) is 6.09. The van der Waals surface area contributed by atoms with E-state index >= 15 is 0 Å². The number of carbonyl (C=O) groups excluding carboxylic acids is 1. The molecule has 0 amide bonds. The Kier molecular flexibility index (Phi) is 4.83. The highest BCUT2D eigenvalue weighted by atomic mass is 127. The van der Waals surface area contributed by atoms with E-state index in [0.717, 1.165) is 9.89 Å². The maximum absolute atomic E-state index is 11.5. The Morgan fingerprint density at radius 3 is 2.69 bits per heavy atom. The Hall–Kier alpha value is -0.515. The van der Waals surface area contributed by atoms with Crippen molar-refractivity contribution in [2.24, 2.45) is 5.41 Å². The van der Waals surface area contributed by atoms with Gasteiger partial charge < -0.3 is 4.74 Å². The fourth-order valence-corrected chi connectivity index (χ4v) is 1.59. The lowest BCUT2D eigenvalue weighted by Gasteiger charge is -2.16. The molecule has 0 saturated heterocycles. The van der Waals surface area contributed by atoms with Gasteiger partial charge in [0.15, 0.2) is 0 Å². The molecule has 0 saturated carbocycles. The third-order valence-electron chi connectivity index (χ3n) is 1.90. The van der Waals surface area contributed by atoms with Crippen LogP contribution in [-0.2, 0) is 0 Å². The minimum Gasteiger partial charge on any atom is -0.435 e. The average Bonchev–Trinajstić information content (AvgIpc) is 2.14. The molecule has 0 unspecified atom stereocenters. The molecule has 0 spiro atoms. The molecule has 0 bridgehead atoms. The molecule has 0 aliphatic rings. The van der Waals surface area contributed by atoms with Crippen molar-refractivity contribution in [2.75, 3.05) is 0 Å². The molecule has 0 aliphatic carbocycles. The summed E-state index contributed by atoms with van der Waals surface area (Å²) in [6.45, 7) is 6.26. The molecule has 0 aromatic heterocycles. The molecule has 85 valence electrons. The predicted molar refractivity (Wildman–Crippen MR) is 75.2 cm³/mol. The zero-order valence-corrected chi connectivity index (χ0v) is 11.9. The van der Waals surface area contributed by atoms with E-state index in [2.05, 4.69) is 43.4 Å². The molecule has 0 N–H and O–H groups in total. The van der Waals surface area contributed by atoms with Crippen LogP contribution in [0.4, 0.5) is 4.79 Å². The Morgan fingerprint density at radius 2 is 2.12 bits per heavy atom. The zero-order chi connectivity index (χ0) is 12.2. The number of benzene rings is 1. The van der Waals surface area contributed by atoms with E-state index < -0.39 is 0 Å². The van der Waals surface area contributed by atoms with Gasteiger partial charge in [-0.1, -0.05) is 33.2 Å². The van der Waals surface area contributed by atoms with Crippen molar-refractivity contribution in [1.29, 1.82) is 0 Å². The van der Waals surface area contributed by atoms with Gasteiger partial charge in [0.25, 0.3) is 7.28 Å². The van der Waals surface area contributed by atoms with Gasteiger partial charge in [0.1, 0.15) is 5.75 Å². The van der Waals surface area contributed by atoms with Gasteiger partial charge in [-0.05, 0) is 46.2 Å². The van der Waals surface area contributed by atoms with Crippen LogP contribution < -0.4 is 4.74 Å². The van der Waals surface area contributed by atoms with Crippen molar-refractivity contribution >= 4 is 35.7 Å². The first-order valence-electron chi connectivity index (χ1n) is 5.17. The molecule has 1 radical (unpaired) electrons. The van der Waals surface area contributed by atoms with Gasteiger partial charge in [0.05, 0.1) is 0 Å². The first-order valence-corrected chi connectivity index (χ1v) is 6.25. The third kappa shape index (κ3) is 5.54. The van der Waals surface area contributed by atoms with Crippen LogP contribution in [0, 0.1) is 8.99 Å². The van der Waals surface area contributed by atoms with Gasteiger partial charge in [-0.3, -0.25) is 4.79 Å². The Bertz CT molecular complexity index is 372. The highest BCUT2D eigenvalue weighted by Crippen LogP contribution is 2.19. The summed E-state index contributed by atoms with van der Waals surface area (Å²) < 4.78 is 6.25. The van der Waals surface area contributed by atoms with Crippen molar-refractivity contribution in [3.8, 4) is 5.75 Å². The van der Waals surface area contributed by atoms with Crippen LogP contribution in [0.2, 0.25) is 6.32 Å². The normalized spacial score (nSPS) is 11.0. The first kappa shape index (κ1) is 13.5. The Balaban J connectivity index is 2.46. The van der Waals surface area contributed by atoms with E-state index in [9.17, 15) is 4.79 Å². The standard InChI is InChI=1S/C12H15BIO2/c1-12(2,3)8-13-11(15)16-10-6-4-5-9(14)7-10/h4-7H,8H2,1-3H3. The molecule has 0 aliphatic heterocycles. The summed E-state index contributed by atoms with van der Waals surface area (Å²) in [6.07, 6.45) is 0.718. The van der Waals surface area contributed by atoms with E-state index in [-0.39, 0.29) is 11.3 Å². The van der Waals surface area contributed by atoms with Gasteiger partial charge >= 0.3 is 0 Å². The second kappa shape index (κ2) is 5.71. The smallest absolute Gasteiger partial charge is 0.262 e. The van der Waals surface area contributed by atoms with Crippen LogP contribution in [0.1, 0.15) is 20.8 Å². The summed E-state index contributed by atoms with van der Waals surface area (Å²) in [5.74, 6) is 0.319. The molecule has 0 heterocycles. The van der Waals surface area contributed by atoms with Crippen molar-refractivity contribution in [3.63, 3.8) is 0 Å². The van der Waals surface area contributed by atoms with E-state index in [1.165, 1.54) is 0 Å². The third-order valence-corrected chi connectivity index (χ3v) is 2.57. The lowest BCUT2D eigenvalue weighted by molar-refractivity contribution is 0.224. The van der Waals surface area contributed by atoms with Crippen LogP contribution in [0.5, 0.6) is 5.75 Å². The van der Waals surface area contributed by atoms with Crippen molar-refractivity contribution in [3.05, 3.63) is 27.8 Å². The maximum Gasteiger partial charge on any atom is 0.262 e. The van der Waals surface area contributed by atoms with Crippen molar-refractivity contribution in [1.82, 2.24) is 0 Å². The van der Waals surface area contributed by atoms with E-state index in [1.807, 2.05) is 18.2 Å². The number of carbonyl (C=O) groups is 1. The van der Waals surface area contributed by atoms with Gasteiger partial charge in [-0.25, -0.2) is 0 Å². The van der Waals surface area contributed by atoms with Crippen molar-refractivity contribution in [2.45, 2.75) is 27.1 Å². The minimum atomic E-state index is -0.281. The average molecular weight is 329 g/mol. The SMILES string of the molecule is CC(C)(C)C[B]C(=O)Oc1cccc(I)c1. The molecule has 0 fully saturated rings. The van der Waals surface area contributed by atoms with Gasteiger partial charge in [-0.2, -0.15) is 0 Å². The number of rotatable bonds is 3. The molecule has 1 rings (SSSR count). The quantitative estimate of drug-likeness (QED) is 0.620. The zero-order valence-electron chi connectivity index (χ0n) is 9.79. The molecule has 2 nitrogen and oxygen atoms in total. The monoisotopic (exact) mass is 329 g/mol. The number of hydrogen-bond donors (Lipinski definition) is 0. The molecule has 1 aromatic carbocycles. The predicted octanol–water partition coefficient (Wildman–Crippen LogP) is 3.96. The summed E-state index contributed by atoms with van der Waals surface area (Å²) in [4.78, 5) is 11.5. The second-order valence-electron chi connectivity index (χ2n) is 4.85. The van der Waals surface area contributed by atoms with Crippen LogP contribution in [0.25, 0.3) is 0 Å². The summed E-state index contributed by atoms with van der Waals surface area (Å²) in [6, 6.07) is 7.44. The van der Waals surface area contributed by atoms with E-state index in [4.69, 9.17) is 4.74 Å². The largest absolute Gasteiger partial charge is 0.435 e. The summed E-state index contributed by atoms with van der Waals surface area (Å²) in [7, 11) is 1.60. The van der Waals surface area contributed by atoms with Gasteiger partial charge in [0, 0.05) is 3.57 Å². The lowest BCUT2D eigenvalue weighted by atomic mass is 9.65. The molecular weight excluding hydrogens is 314 g/mol. The van der Waals surface area contributed by atoms with Crippen LogP contribution >= 0.6 is 22.6 Å². The van der Waals surface area contributed by atoms with E-state index in [1.54, 1.807) is 13.3 Å². The molecule has 0 atom stereocenters. The summed E-state index contributed by atoms with van der Waals surface area (Å²) in [5, 5.41) is 0. The Labute approximate surface area is 111 Å². The Morgan fingerprint density at radius 1 is 1.44 bits per heavy atom. The van der Waals surface area contributed by atoms with Gasteiger partial charge in [-0.15, -0.1) is 0 Å². The topological polar surface area (TPSA) is 26.3 Å². The fraction of sp³-hybridized carbons (Fsp3) is 0.417. The molecule has 1 aromatic rings. The molecule has 4 heteroatoms. The fourth-order valence-electron chi connectivity index (χ4n) is 1.08.